The molecule has 0 saturated carbocycles. The predicted octanol–water partition coefficient (Wildman–Crippen LogP) is 2.51. The minimum Gasteiger partial charge on any atom is -0.465 e. The van der Waals surface area contributed by atoms with Gasteiger partial charge in [0.1, 0.15) is 6.54 Å². The number of hydrogen-bond acceptors (Lipinski definition) is 3. The van der Waals surface area contributed by atoms with Crippen LogP contribution >= 0.6 is 0 Å². The number of carbonyl (C=O) groups is 2. The van der Waals surface area contributed by atoms with Gasteiger partial charge in [0, 0.05) is 23.4 Å². The molecule has 1 aliphatic carbocycles. The maximum atomic E-state index is 12.1. The van der Waals surface area contributed by atoms with Gasteiger partial charge in [-0.1, -0.05) is 13.8 Å². The standard InChI is InChI=1S/C15H21NO3/c1-5-19-14(18)9-16-10(2)6-11-12(16)7-15(3,4)8-13(11)17/h6H,5,7-9H2,1-4H3. The maximum absolute atomic E-state index is 12.1. The summed E-state index contributed by atoms with van der Waals surface area (Å²) in [6, 6.07) is 1.89. The summed E-state index contributed by atoms with van der Waals surface area (Å²) >= 11 is 0. The van der Waals surface area contributed by atoms with Crippen LogP contribution in [0.15, 0.2) is 6.07 Å². The fourth-order valence-electron chi connectivity index (χ4n) is 2.76. The molecule has 0 radical (unpaired) electrons. The van der Waals surface area contributed by atoms with E-state index in [1.807, 2.05) is 17.6 Å². The zero-order valence-electron chi connectivity index (χ0n) is 12.1. The van der Waals surface area contributed by atoms with Crippen LogP contribution in [0.2, 0.25) is 0 Å². The van der Waals surface area contributed by atoms with Gasteiger partial charge >= 0.3 is 5.97 Å². The van der Waals surface area contributed by atoms with Crippen molar-refractivity contribution in [2.24, 2.45) is 5.41 Å². The summed E-state index contributed by atoms with van der Waals surface area (Å²) in [6.07, 6.45) is 1.39. The highest BCUT2D eigenvalue weighted by atomic mass is 16.5. The number of aromatic nitrogens is 1. The van der Waals surface area contributed by atoms with Crippen LogP contribution < -0.4 is 0 Å². The number of ether oxygens (including phenoxy) is 1. The topological polar surface area (TPSA) is 48.3 Å². The van der Waals surface area contributed by atoms with E-state index in [1.165, 1.54) is 0 Å². The molecule has 1 heterocycles. The second-order valence-electron chi connectivity index (χ2n) is 5.98. The van der Waals surface area contributed by atoms with Gasteiger partial charge in [-0.3, -0.25) is 9.59 Å². The van der Waals surface area contributed by atoms with E-state index < -0.39 is 0 Å². The lowest BCUT2D eigenvalue weighted by Crippen LogP contribution is -2.29. The van der Waals surface area contributed by atoms with E-state index in [-0.39, 0.29) is 23.7 Å². The molecule has 1 aliphatic rings. The van der Waals surface area contributed by atoms with Crippen molar-refractivity contribution in [3.63, 3.8) is 0 Å². The molecule has 0 saturated heterocycles. The third-order valence-corrected chi connectivity index (χ3v) is 3.59. The molecule has 4 heteroatoms. The Labute approximate surface area is 113 Å². The Morgan fingerprint density at radius 1 is 1.42 bits per heavy atom. The molecule has 0 amide bonds. The Morgan fingerprint density at radius 2 is 2.11 bits per heavy atom. The highest BCUT2D eigenvalue weighted by molar-refractivity contribution is 5.99. The molecule has 0 bridgehead atoms. The van der Waals surface area contributed by atoms with Crippen molar-refractivity contribution in [2.45, 2.75) is 47.1 Å². The largest absolute Gasteiger partial charge is 0.465 e. The normalized spacial score (nSPS) is 17.2. The first-order chi connectivity index (χ1) is 8.84. The van der Waals surface area contributed by atoms with Crippen molar-refractivity contribution < 1.29 is 14.3 Å². The summed E-state index contributed by atoms with van der Waals surface area (Å²) in [5.74, 6) is -0.0724. The number of aryl methyl sites for hydroxylation is 1. The first kappa shape index (κ1) is 13.8. The van der Waals surface area contributed by atoms with Gasteiger partial charge in [0.2, 0.25) is 0 Å². The first-order valence-corrected chi connectivity index (χ1v) is 6.72. The van der Waals surface area contributed by atoms with Gasteiger partial charge in [-0.05, 0) is 31.7 Å². The Bertz CT molecular complexity index is 526. The van der Waals surface area contributed by atoms with E-state index in [9.17, 15) is 9.59 Å². The lowest BCUT2D eigenvalue weighted by molar-refractivity contribution is -0.143. The van der Waals surface area contributed by atoms with Crippen molar-refractivity contribution in [1.29, 1.82) is 0 Å². The number of ketones is 1. The van der Waals surface area contributed by atoms with Crippen LogP contribution in [-0.2, 0) is 22.5 Å². The molecule has 4 nitrogen and oxygen atoms in total. The van der Waals surface area contributed by atoms with Crippen LogP contribution in [0.5, 0.6) is 0 Å². The Kier molecular flexibility index (Phi) is 3.52. The van der Waals surface area contributed by atoms with Gasteiger partial charge in [0.15, 0.2) is 5.78 Å². The first-order valence-electron chi connectivity index (χ1n) is 6.72. The number of carbonyl (C=O) groups excluding carboxylic acids is 2. The molecule has 0 fully saturated rings. The quantitative estimate of drug-likeness (QED) is 0.787. The molecule has 1 aromatic heterocycles. The van der Waals surface area contributed by atoms with Crippen LogP contribution in [0.4, 0.5) is 0 Å². The fraction of sp³-hybridized carbons (Fsp3) is 0.600. The van der Waals surface area contributed by atoms with Crippen LogP contribution in [0.25, 0.3) is 0 Å². The lowest BCUT2D eigenvalue weighted by Gasteiger charge is -2.29. The van der Waals surface area contributed by atoms with Crippen molar-refractivity contribution in [3.05, 3.63) is 23.0 Å². The van der Waals surface area contributed by atoms with Crippen LogP contribution in [0, 0.1) is 12.3 Å². The van der Waals surface area contributed by atoms with Gasteiger partial charge < -0.3 is 9.30 Å². The highest BCUT2D eigenvalue weighted by Crippen LogP contribution is 2.36. The molecule has 0 N–H and O–H groups in total. The summed E-state index contributed by atoms with van der Waals surface area (Å²) in [6.45, 7) is 8.47. The Hall–Kier alpha value is -1.58. The molecule has 0 aliphatic heterocycles. The van der Waals surface area contributed by atoms with Gasteiger partial charge in [0.05, 0.1) is 6.61 Å². The smallest absolute Gasteiger partial charge is 0.325 e. The zero-order chi connectivity index (χ0) is 14.2. The average Bonchev–Trinajstić information content (AvgIpc) is 2.56. The third-order valence-electron chi connectivity index (χ3n) is 3.59. The van der Waals surface area contributed by atoms with Crippen LogP contribution in [0.3, 0.4) is 0 Å². The van der Waals surface area contributed by atoms with Crippen molar-refractivity contribution in [3.8, 4) is 0 Å². The molecule has 2 rings (SSSR count). The second kappa shape index (κ2) is 4.83. The fourth-order valence-corrected chi connectivity index (χ4v) is 2.76. The Balaban J connectivity index is 2.36. The molecular weight excluding hydrogens is 242 g/mol. The summed E-state index contributed by atoms with van der Waals surface area (Å²) in [7, 11) is 0. The van der Waals surface area contributed by atoms with E-state index in [0.717, 1.165) is 23.4 Å². The molecule has 0 aromatic carbocycles. The summed E-state index contributed by atoms with van der Waals surface area (Å²) in [5, 5.41) is 0. The summed E-state index contributed by atoms with van der Waals surface area (Å²) in [5.41, 5.74) is 2.67. The summed E-state index contributed by atoms with van der Waals surface area (Å²) < 4.78 is 6.92. The number of nitrogens with zero attached hydrogens (tertiary/aromatic N) is 1. The lowest BCUT2D eigenvalue weighted by atomic mass is 9.76. The van der Waals surface area contributed by atoms with E-state index in [0.29, 0.717) is 13.0 Å². The molecule has 19 heavy (non-hydrogen) atoms. The van der Waals surface area contributed by atoms with Gasteiger partial charge in [0.25, 0.3) is 0 Å². The van der Waals surface area contributed by atoms with Gasteiger partial charge in [-0.15, -0.1) is 0 Å². The summed E-state index contributed by atoms with van der Waals surface area (Å²) in [4.78, 5) is 23.8. The van der Waals surface area contributed by atoms with Crippen LogP contribution in [-0.4, -0.2) is 22.9 Å². The number of rotatable bonds is 3. The van der Waals surface area contributed by atoms with Crippen molar-refractivity contribution >= 4 is 11.8 Å². The van der Waals surface area contributed by atoms with Gasteiger partial charge in [-0.2, -0.15) is 0 Å². The molecule has 0 unspecified atom stereocenters. The number of Topliss-reactive ketones (excluding diaryl/α,β-unsaturated/α-hetero) is 1. The minimum absolute atomic E-state index is 0.0404. The molecule has 0 spiro atoms. The number of hydrogen-bond donors (Lipinski definition) is 0. The molecule has 0 atom stereocenters. The Morgan fingerprint density at radius 3 is 2.74 bits per heavy atom. The number of fused-ring (bicyclic) bond motifs is 1. The maximum Gasteiger partial charge on any atom is 0.325 e. The van der Waals surface area contributed by atoms with E-state index in [4.69, 9.17) is 4.74 Å². The predicted molar refractivity (Wildman–Crippen MR) is 72.2 cm³/mol. The highest BCUT2D eigenvalue weighted by Gasteiger charge is 2.34. The van der Waals surface area contributed by atoms with Crippen molar-refractivity contribution in [1.82, 2.24) is 4.57 Å². The second-order valence-corrected chi connectivity index (χ2v) is 5.98. The molecular formula is C15H21NO3. The van der Waals surface area contributed by atoms with E-state index in [2.05, 4.69) is 13.8 Å². The van der Waals surface area contributed by atoms with E-state index >= 15 is 0 Å². The molecule has 104 valence electrons. The molecule has 1 aromatic rings. The monoisotopic (exact) mass is 263 g/mol. The average molecular weight is 263 g/mol. The number of esters is 1. The SMILES string of the molecule is CCOC(=O)Cn1c(C)cc2c1CC(C)(C)CC2=O. The van der Waals surface area contributed by atoms with Crippen molar-refractivity contribution in [2.75, 3.05) is 6.61 Å². The van der Waals surface area contributed by atoms with E-state index in [1.54, 1.807) is 6.92 Å². The zero-order valence-corrected chi connectivity index (χ0v) is 12.1. The van der Waals surface area contributed by atoms with Gasteiger partial charge in [-0.25, -0.2) is 0 Å². The van der Waals surface area contributed by atoms with Crippen LogP contribution in [0.1, 0.15) is 48.9 Å². The third kappa shape index (κ3) is 2.72. The minimum atomic E-state index is -0.250.